The average molecular weight is 188 g/mol. The molecule has 0 unspecified atom stereocenters. The van der Waals surface area contributed by atoms with Gasteiger partial charge in [-0.3, -0.25) is 0 Å². The van der Waals surface area contributed by atoms with Gasteiger partial charge in [0.2, 0.25) is 0 Å². The zero-order chi connectivity index (χ0) is 6.28. The SMILES string of the molecule is CC.C[N-]C(C)=O.[Rb+]. The summed E-state index contributed by atoms with van der Waals surface area (Å²) in [5, 5.41) is 3.25. The second-order valence-electron chi connectivity index (χ2n) is 0.743. The van der Waals surface area contributed by atoms with Crippen molar-refractivity contribution < 1.29 is 63.0 Å². The van der Waals surface area contributed by atoms with Crippen LogP contribution in [0.15, 0.2) is 0 Å². The van der Waals surface area contributed by atoms with Crippen molar-refractivity contribution in [2.45, 2.75) is 20.8 Å². The predicted molar refractivity (Wildman–Crippen MR) is 31.3 cm³/mol. The first kappa shape index (κ1) is 16.1. The Kier molecular flexibility index (Phi) is 31.7. The number of hydrogen-bond acceptors (Lipinski definition) is 1. The fourth-order valence-corrected chi connectivity index (χ4v) is 0. The quantitative estimate of drug-likeness (QED) is 0.458. The Morgan fingerprint density at radius 2 is 1.50 bits per heavy atom. The topological polar surface area (TPSA) is 31.2 Å². The molecule has 0 rings (SSSR count). The van der Waals surface area contributed by atoms with Crippen LogP contribution >= 0.6 is 0 Å². The van der Waals surface area contributed by atoms with Crippen LogP contribution in [0.1, 0.15) is 20.8 Å². The molecule has 0 atom stereocenters. The minimum Gasteiger partial charge on any atom is -0.656 e. The molecule has 0 fully saturated rings. The molecular formula is C5H12NORb. The van der Waals surface area contributed by atoms with Crippen molar-refractivity contribution in [3.8, 4) is 0 Å². The molecule has 0 bridgehead atoms. The third kappa shape index (κ3) is 26.7. The first-order valence-corrected chi connectivity index (χ1v) is 2.37. The van der Waals surface area contributed by atoms with Gasteiger partial charge in [-0.25, -0.2) is 0 Å². The monoisotopic (exact) mass is 187 g/mol. The summed E-state index contributed by atoms with van der Waals surface area (Å²) in [4.78, 5) is 9.65. The molecule has 8 heavy (non-hydrogen) atoms. The van der Waals surface area contributed by atoms with Gasteiger partial charge < -0.3 is 10.1 Å². The number of carbonyl (C=O) groups is 1. The van der Waals surface area contributed by atoms with Gasteiger partial charge in [0.1, 0.15) is 0 Å². The van der Waals surface area contributed by atoms with E-state index in [9.17, 15) is 4.79 Å². The summed E-state index contributed by atoms with van der Waals surface area (Å²) in [6.07, 6.45) is 0. The Morgan fingerprint density at radius 1 is 1.38 bits per heavy atom. The Labute approximate surface area is 100 Å². The number of nitrogens with zero attached hydrogens (tertiary/aromatic N) is 1. The molecular weight excluding hydrogens is 176 g/mol. The molecule has 0 aromatic carbocycles. The Balaban J connectivity index is -0.0000000750. The normalized spacial score (nSPS) is 5.00. The fourth-order valence-electron chi connectivity index (χ4n) is 0. The average Bonchev–Trinajstić information content (AvgIpc) is 1.73. The first-order chi connectivity index (χ1) is 3.27. The van der Waals surface area contributed by atoms with Gasteiger partial charge in [0.25, 0.3) is 0 Å². The summed E-state index contributed by atoms with van der Waals surface area (Å²) in [6, 6.07) is 0. The van der Waals surface area contributed by atoms with E-state index in [0.29, 0.717) is 0 Å². The molecule has 0 saturated heterocycles. The molecule has 0 aromatic heterocycles. The summed E-state index contributed by atoms with van der Waals surface area (Å²) in [5.41, 5.74) is 0. The third-order valence-electron chi connectivity index (χ3n) is 0.315. The van der Waals surface area contributed by atoms with Crippen molar-refractivity contribution in [3.63, 3.8) is 0 Å². The molecule has 44 valence electrons. The minimum absolute atomic E-state index is 0. The van der Waals surface area contributed by atoms with Crippen molar-refractivity contribution in [2.75, 3.05) is 7.05 Å². The van der Waals surface area contributed by atoms with E-state index in [2.05, 4.69) is 5.32 Å². The van der Waals surface area contributed by atoms with Gasteiger partial charge in [0, 0.05) is 5.91 Å². The van der Waals surface area contributed by atoms with Crippen molar-refractivity contribution in [1.82, 2.24) is 0 Å². The van der Waals surface area contributed by atoms with Gasteiger partial charge in [-0.1, -0.05) is 13.8 Å². The van der Waals surface area contributed by atoms with Gasteiger partial charge in [-0.15, -0.1) is 7.05 Å². The molecule has 0 radical (unpaired) electrons. The van der Waals surface area contributed by atoms with Crippen LogP contribution in [0.2, 0.25) is 0 Å². The Bertz CT molecular complexity index is 47.7. The molecule has 0 aromatic rings. The summed E-state index contributed by atoms with van der Waals surface area (Å²) in [5.74, 6) is -0.120. The molecule has 3 heteroatoms. The molecule has 2 nitrogen and oxygen atoms in total. The maximum Gasteiger partial charge on any atom is 1.00 e. The van der Waals surface area contributed by atoms with Gasteiger partial charge in [0.15, 0.2) is 0 Å². The standard InChI is InChI=1S/C3H7NO.C2H6.Rb/c1-3(5)4-2;1-2;/h1-2H3,(H,4,5);1-2H3;/q;;+1/p-1. The van der Waals surface area contributed by atoms with Crippen LogP contribution in [0.4, 0.5) is 0 Å². The van der Waals surface area contributed by atoms with Gasteiger partial charge in [-0.05, 0) is 6.92 Å². The van der Waals surface area contributed by atoms with Crippen LogP contribution in [0, 0.1) is 0 Å². The zero-order valence-electron chi connectivity index (χ0n) is 6.36. The summed E-state index contributed by atoms with van der Waals surface area (Å²) in [6.45, 7) is 5.42. The second-order valence-corrected chi connectivity index (χ2v) is 0.743. The molecule has 0 aliphatic rings. The molecule has 0 heterocycles. The van der Waals surface area contributed by atoms with Crippen LogP contribution < -0.4 is 58.2 Å². The first-order valence-electron chi connectivity index (χ1n) is 2.37. The van der Waals surface area contributed by atoms with Gasteiger partial charge in [-0.2, -0.15) is 0 Å². The summed E-state index contributed by atoms with van der Waals surface area (Å²) in [7, 11) is 1.47. The van der Waals surface area contributed by atoms with E-state index in [1.54, 1.807) is 0 Å². The fraction of sp³-hybridized carbons (Fsp3) is 0.800. The number of carbonyl (C=O) groups excluding carboxylic acids is 1. The molecule has 0 aliphatic heterocycles. The number of amides is 1. The second kappa shape index (κ2) is 15.7. The van der Waals surface area contributed by atoms with E-state index >= 15 is 0 Å². The maximum atomic E-state index is 9.65. The molecule has 0 aliphatic carbocycles. The molecule has 1 amide bonds. The zero-order valence-corrected chi connectivity index (χ0v) is 11.3. The smallest absolute Gasteiger partial charge is 0.656 e. The van der Waals surface area contributed by atoms with E-state index < -0.39 is 0 Å². The van der Waals surface area contributed by atoms with Crippen LogP contribution in [0.5, 0.6) is 0 Å². The van der Waals surface area contributed by atoms with Crippen LogP contribution in [-0.4, -0.2) is 13.0 Å². The van der Waals surface area contributed by atoms with Crippen LogP contribution in [-0.2, 0) is 4.79 Å². The summed E-state index contributed by atoms with van der Waals surface area (Å²) >= 11 is 0. The minimum atomic E-state index is -0.120. The molecule has 0 saturated carbocycles. The van der Waals surface area contributed by atoms with Crippen molar-refractivity contribution in [2.24, 2.45) is 0 Å². The van der Waals surface area contributed by atoms with Crippen molar-refractivity contribution in [3.05, 3.63) is 5.32 Å². The number of rotatable bonds is 0. The van der Waals surface area contributed by atoms with E-state index in [4.69, 9.17) is 0 Å². The Hall–Kier alpha value is 1.28. The molecule has 0 spiro atoms. The number of hydrogen-bond donors (Lipinski definition) is 0. The van der Waals surface area contributed by atoms with E-state index in [1.165, 1.54) is 14.0 Å². The van der Waals surface area contributed by atoms with Crippen molar-refractivity contribution in [1.29, 1.82) is 0 Å². The van der Waals surface area contributed by atoms with Gasteiger partial charge in [0.05, 0.1) is 0 Å². The van der Waals surface area contributed by atoms with Crippen LogP contribution in [0.25, 0.3) is 5.32 Å². The van der Waals surface area contributed by atoms with E-state index in [0.717, 1.165) is 0 Å². The van der Waals surface area contributed by atoms with Crippen molar-refractivity contribution >= 4 is 5.91 Å². The van der Waals surface area contributed by atoms with E-state index in [-0.39, 0.29) is 64.1 Å². The Morgan fingerprint density at radius 3 is 1.50 bits per heavy atom. The maximum absolute atomic E-state index is 9.65. The van der Waals surface area contributed by atoms with E-state index in [1.807, 2.05) is 13.8 Å². The summed E-state index contributed by atoms with van der Waals surface area (Å²) < 4.78 is 0. The third-order valence-corrected chi connectivity index (χ3v) is 0.315. The molecule has 0 N–H and O–H groups in total. The van der Waals surface area contributed by atoms with Gasteiger partial charge >= 0.3 is 58.2 Å². The predicted octanol–water partition coefficient (Wildman–Crippen LogP) is -1.43. The van der Waals surface area contributed by atoms with Crippen LogP contribution in [0.3, 0.4) is 0 Å². The largest absolute Gasteiger partial charge is 1.00 e.